The number of benzene rings is 2. The third-order valence-electron chi connectivity index (χ3n) is 4.27. The van der Waals surface area contributed by atoms with Crippen LogP contribution in [0.4, 0.5) is 5.69 Å². The number of carbonyl (C=O) groups is 1. The first-order valence-corrected chi connectivity index (χ1v) is 11.1. The number of anilines is 1. The Morgan fingerprint density at radius 1 is 1.13 bits per heavy atom. The number of nitrogens with zero attached hydrogens (tertiary/aromatic N) is 1. The molecule has 0 aliphatic carbocycles. The summed E-state index contributed by atoms with van der Waals surface area (Å²) in [6.07, 6.45) is 1.36. The van der Waals surface area contributed by atoms with Crippen molar-refractivity contribution >= 4 is 37.4 Å². The molecule has 1 heterocycles. The molecule has 0 amide bonds. The van der Waals surface area contributed by atoms with E-state index in [0.717, 1.165) is 10.2 Å². The number of ketones is 1. The van der Waals surface area contributed by atoms with Crippen LogP contribution in [0.5, 0.6) is 0 Å². The summed E-state index contributed by atoms with van der Waals surface area (Å²) in [5.74, 6) is -0.448. The molecule has 3 rings (SSSR count). The maximum absolute atomic E-state index is 12.8. The van der Waals surface area contributed by atoms with Gasteiger partial charge in [-0.15, -0.1) is 0 Å². The fourth-order valence-corrected chi connectivity index (χ4v) is 3.65. The normalized spacial score (nSPS) is 12.1. The van der Waals surface area contributed by atoms with E-state index in [2.05, 4.69) is 26.3 Å². The quantitative estimate of drug-likeness (QED) is 0.361. The molecule has 0 atom stereocenters. The second kappa shape index (κ2) is 8.42. The Balaban J connectivity index is 1.88. The van der Waals surface area contributed by atoms with E-state index in [1.54, 1.807) is 13.8 Å². The SMILES string of the molecule is CC(=CC(=O)c1c(C)[nH]n(-c2ccc(S(N)(=O)=O)cc2)c1=O)Nc1ccc(Br)cc1. The monoisotopic (exact) mass is 490 g/mol. The van der Waals surface area contributed by atoms with E-state index in [4.69, 9.17) is 5.14 Å². The lowest BCUT2D eigenvalue weighted by molar-refractivity contribution is 0.104. The summed E-state index contributed by atoms with van der Waals surface area (Å²) < 4.78 is 24.9. The number of sulfonamides is 1. The van der Waals surface area contributed by atoms with Crippen molar-refractivity contribution in [1.29, 1.82) is 0 Å². The van der Waals surface area contributed by atoms with Crippen molar-refractivity contribution in [1.82, 2.24) is 9.78 Å². The molecule has 0 aliphatic rings. The molecule has 0 bridgehead atoms. The van der Waals surface area contributed by atoms with Gasteiger partial charge in [0.05, 0.1) is 10.6 Å². The van der Waals surface area contributed by atoms with Crippen LogP contribution in [0.3, 0.4) is 0 Å². The highest BCUT2D eigenvalue weighted by Crippen LogP contribution is 2.16. The van der Waals surface area contributed by atoms with E-state index in [9.17, 15) is 18.0 Å². The van der Waals surface area contributed by atoms with Crippen molar-refractivity contribution in [3.8, 4) is 5.69 Å². The number of H-pyrrole nitrogens is 1. The van der Waals surface area contributed by atoms with E-state index in [1.807, 2.05) is 24.3 Å². The van der Waals surface area contributed by atoms with Crippen LogP contribution >= 0.6 is 15.9 Å². The number of carbonyl (C=O) groups excluding carboxylic acids is 1. The maximum atomic E-state index is 12.8. The molecular formula is C20H19BrN4O4S. The first-order valence-electron chi connectivity index (χ1n) is 8.76. The number of hydrogen-bond donors (Lipinski definition) is 3. The van der Waals surface area contributed by atoms with Crippen LogP contribution in [0.2, 0.25) is 0 Å². The lowest BCUT2D eigenvalue weighted by atomic mass is 10.1. The fraction of sp³-hybridized carbons (Fsp3) is 0.100. The molecule has 0 saturated heterocycles. The highest BCUT2D eigenvalue weighted by Gasteiger charge is 2.18. The second-order valence-electron chi connectivity index (χ2n) is 6.61. The van der Waals surface area contributed by atoms with Gasteiger partial charge in [-0.05, 0) is 62.4 Å². The third-order valence-corrected chi connectivity index (χ3v) is 5.73. The smallest absolute Gasteiger partial charge is 0.282 e. The standard InChI is InChI=1S/C20H19BrN4O4S/c1-12(23-15-5-3-14(21)4-6-15)11-18(26)19-13(2)24-25(20(19)27)16-7-9-17(10-8-16)30(22,28)29/h3-11,23-24H,1-2H3,(H2,22,28,29). The molecule has 156 valence electrons. The Morgan fingerprint density at radius 3 is 2.30 bits per heavy atom. The number of allylic oxidation sites excluding steroid dienone is 2. The Hall–Kier alpha value is -2.95. The lowest BCUT2D eigenvalue weighted by Gasteiger charge is -2.06. The van der Waals surface area contributed by atoms with Gasteiger partial charge < -0.3 is 5.32 Å². The fourth-order valence-electron chi connectivity index (χ4n) is 2.87. The van der Waals surface area contributed by atoms with E-state index in [1.165, 1.54) is 35.0 Å². The number of nitrogens with one attached hydrogen (secondary N) is 2. The molecule has 10 heteroatoms. The van der Waals surface area contributed by atoms with Gasteiger partial charge in [0.2, 0.25) is 10.0 Å². The zero-order chi connectivity index (χ0) is 22.1. The Morgan fingerprint density at radius 2 is 1.73 bits per heavy atom. The van der Waals surface area contributed by atoms with Crippen LogP contribution < -0.4 is 16.0 Å². The zero-order valence-corrected chi connectivity index (χ0v) is 18.5. The molecule has 0 spiro atoms. The third kappa shape index (κ3) is 4.78. The number of halogens is 1. The Bertz CT molecular complexity index is 1290. The van der Waals surface area contributed by atoms with Crippen molar-refractivity contribution in [2.75, 3.05) is 5.32 Å². The maximum Gasteiger partial charge on any atom is 0.282 e. The first kappa shape index (κ1) is 21.8. The van der Waals surface area contributed by atoms with Crippen molar-refractivity contribution < 1.29 is 13.2 Å². The summed E-state index contributed by atoms with van der Waals surface area (Å²) in [5.41, 5.74) is 1.62. The highest BCUT2D eigenvalue weighted by molar-refractivity contribution is 9.10. The molecule has 8 nitrogen and oxygen atoms in total. The summed E-state index contributed by atoms with van der Waals surface area (Å²) in [5, 5.41) is 11.0. The van der Waals surface area contributed by atoms with Crippen LogP contribution in [0.1, 0.15) is 23.0 Å². The van der Waals surface area contributed by atoms with Crippen LogP contribution in [0.25, 0.3) is 5.69 Å². The van der Waals surface area contributed by atoms with E-state index in [0.29, 0.717) is 17.1 Å². The van der Waals surface area contributed by atoms with Gasteiger partial charge in [0, 0.05) is 27.6 Å². The van der Waals surface area contributed by atoms with Crippen LogP contribution in [-0.4, -0.2) is 24.0 Å². The Kier molecular flexibility index (Phi) is 6.11. The number of aryl methyl sites for hydroxylation is 1. The van der Waals surface area contributed by atoms with Crippen LogP contribution in [0, 0.1) is 6.92 Å². The van der Waals surface area contributed by atoms with E-state index < -0.39 is 21.4 Å². The molecule has 0 aliphatic heterocycles. The number of hydrogen-bond acceptors (Lipinski definition) is 5. The predicted molar refractivity (Wildman–Crippen MR) is 118 cm³/mol. The Labute approximate surface area is 181 Å². The van der Waals surface area contributed by atoms with Crippen LogP contribution in [-0.2, 0) is 10.0 Å². The number of rotatable bonds is 6. The minimum atomic E-state index is -3.84. The molecule has 0 saturated carbocycles. The summed E-state index contributed by atoms with van der Waals surface area (Å²) >= 11 is 3.36. The minimum Gasteiger partial charge on any atom is -0.359 e. The molecule has 0 unspecified atom stereocenters. The second-order valence-corrected chi connectivity index (χ2v) is 9.09. The van der Waals surface area contributed by atoms with E-state index >= 15 is 0 Å². The van der Waals surface area contributed by atoms with Gasteiger partial charge in [-0.25, -0.2) is 18.2 Å². The number of aromatic amines is 1. The zero-order valence-electron chi connectivity index (χ0n) is 16.1. The number of primary sulfonamides is 1. The van der Waals surface area contributed by atoms with Gasteiger partial charge in [0.15, 0.2) is 5.78 Å². The number of nitrogens with two attached hydrogens (primary N) is 1. The molecule has 1 aromatic heterocycles. The molecular weight excluding hydrogens is 472 g/mol. The van der Waals surface area contributed by atoms with Crippen molar-refractivity contribution in [3.05, 3.63) is 86.4 Å². The van der Waals surface area contributed by atoms with Gasteiger partial charge in [-0.3, -0.25) is 14.7 Å². The average Bonchev–Trinajstić information content (AvgIpc) is 2.97. The predicted octanol–water partition coefficient (Wildman–Crippen LogP) is 3.08. The lowest BCUT2D eigenvalue weighted by Crippen LogP contribution is -2.20. The van der Waals surface area contributed by atoms with Crippen LogP contribution in [0.15, 0.2) is 74.5 Å². The minimum absolute atomic E-state index is 0.00230. The first-order chi connectivity index (χ1) is 14.1. The summed E-state index contributed by atoms with van der Waals surface area (Å²) in [4.78, 5) is 25.4. The molecule has 4 N–H and O–H groups in total. The molecule has 30 heavy (non-hydrogen) atoms. The molecule has 3 aromatic rings. The van der Waals surface area contributed by atoms with E-state index in [-0.39, 0.29) is 10.5 Å². The molecule has 0 fully saturated rings. The van der Waals surface area contributed by atoms with Crippen molar-refractivity contribution in [2.24, 2.45) is 5.14 Å². The van der Waals surface area contributed by atoms with Gasteiger partial charge in [0.1, 0.15) is 5.56 Å². The molecule has 2 aromatic carbocycles. The summed E-state index contributed by atoms with van der Waals surface area (Å²) in [7, 11) is -3.84. The van der Waals surface area contributed by atoms with Crippen molar-refractivity contribution in [3.63, 3.8) is 0 Å². The highest BCUT2D eigenvalue weighted by atomic mass is 79.9. The average molecular weight is 491 g/mol. The van der Waals surface area contributed by atoms with Gasteiger partial charge in [-0.1, -0.05) is 15.9 Å². The summed E-state index contributed by atoms with van der Waals surface area (Å²) in [6, 6.07) is 12.9. The van der Waals surface area contributed by atoms with Gasteiger partial charge >= 0.3 is 0 Å². The summed E-state index contributed by atoms with van der Waals surface area (Å²) in [6.45, 7) is 3.35. The molecule has 0 radical (unpaired) electrons. The van der Waals surface area contributed by atoms with Gasteiger partial charge in [0.25, 0.3) is 5.56 Å². The largest absolute Gasteiger partial charge is 0.359 e. The van der Waals surface area contributed by atoms with Gasteiger partial charge in [-0.2, -0.15) is 0 Å². The van der Waals surface area contributed by atoms with Crippen molar-refractivity contribution in [2.45, 2.75) is 18.7 Å². The topological polar surface area (TPSA) is 127 Å². The number of aromatic nitrogens is 2.